The van der Waals surface area contributed by atoms with E-state index in [1.807, 2.05) is 44.2 Å². The van der Waals surface area contributed by atoms with Crippen molar-refractivity contribution in [1.82, 2.24) is 9.88 Å². The SMILES string of the molecule is CC(C)N(CCCl)C(=O)c1ccc2ccccc2n1. The first-order valence-corrected chi connectivity index (χ1v) is 6.89. The summed E-state index contributed by atoms with van der Waals surface area (Å²) in [6.07, 6.45) is 0. The van der Waals surface area contributed by atoms with Gasteiger partial charge in [0, 0.05) is 23.9 Å². The summed E-state index contributed by atoms with van der Waals surface area (Å²) in [6.45, 7) is 4.49. The number of pyridine rings is 1. The maximum atomic E-state index is 12.4. The van der Waals surface area contributed by atoms with Crippen molar-refractivity contribution in [2.45, 2.75) is 19.9 Å². The van der Waals surface area contributed by atoms with E-state index in [1.165, 1.54) is 0 Å². The van der Waals surface area contributed by atoms with Crippen LogP contribution in [0.2, 0.25) is 0 Å². The fraction of sp³-hybridized carbons (Fsp3) is 0.333. The first kappa shape index (κ1) is 13.8. The van der Waals surface area contributed by atoms with E-state index in [9.17, 15) is 4.79 Å². The zero-order valence-corrected chi connectivity index (χ0v) is 11.9. The topological polar surface area (TPSA) is 33.2 Å². The van der Waals surface area contributed by atoms with E-state index in [4.69, 9.17) is 11.6 Å². The van der Waals surface area contributed by atoms with Gasteiger partial charge >= 0.3 is 0 Å². The first-order chi connectivity index (χ1) is 9.13. The summed E-state index contributed by atoms with van der Waals surface area (Å²) in [5, 5.41) is 1.03. The van der Waals surface area contributed by atoms with Crippen LogP contribution in [-0.2, 0) is 0 Å². The molecule has 2 rings (SSSR count). The fourth-order valence-corrected chi connectivity index (χ4v) is 2.20. The van der Waals surface area contributed by atoms with E-state index < -0.39 is 0 Å². The van der Waals surface area contributed by atoms with Gasteiger partial charge < -0.3 is 4.90 Å². The van der Waals surface area contributed by atoms with E-state index in [1.54, 1.807) is 11.0 Å². The van der Waals surface area contributed by atoms with Crippen LogP contribution in [0.1, 0.15) is 24.3 Å². The smallest absolute Gasteiger partial charge is 0.272 e. The van der Waals surface area contributed by atoms with Crippen molar-refractivity contribution in [3.05, 3.63) is 42.1 Å². The van der Waals surface area contributed by atoms with Crippen molar-refractivity contribution >= 4 is 28.4 Å². The minimum Gasteiger partial charge on any atom is -0.334 e. The number of hydrogen-bond acceptors (Lipinski definition) is 2. The number of fused-ring (bicyclic) bond motifs is 1. The molecule has 3 nitrogen and oxygen atoms in total. The Morgan fingerprint density at radius 2 is 2.00 bits per heavy atom. The Morgan fingerprint density at radius 3 is 2.68 bits per heavy atom. The molecule has 100 valence electrons. The van der Waals surface area contributed by atoms with Gasteiger partial charge in [0.05, 0.1) is 5.52 Å². The summed E-state index contributed by atoms with van der Waals surface area (Å²) in [5.74, 6) is 0.360. The van der Waals surface area contributed by atoms with Gasteiger partial charge in [-0.15, -0.1) is 11.6 Å². The van der Waals surface area contributed by atoms with Crippen LogP contribution >= 0.6 is 11.6 Å². The highest BCUT2D eigenvalue weighted by Crippen LogP contribution is 2.14. The average molecular weight is 277 g/mol. The average Bonchev–Trinajstić information content (AvgIpc) is 2.43. The molecule has 0 aliphatic heterocycles. The molecule has 2 aromatic rings. The minimum atomic E-state index is -0.0681. The van der Waals surface area contributed by atoms with E-state index in [-0.39, 0.29) is 11.9 Å². The van der Waals surface area contributed by atoms with Gasteiger partial charge in [-0.3, -0.25) is 4.79 Å². The second-order valence-electron chi connectivity index (χ2n) is 4.67. The van der Waals surface area contributed by atoms with Crippen LogP contribution in [0.4, 0.5) is 0 Å². The van der Waals surface area contributed by atoms with Crippen LogP contribution in [0.15, 0.2) is 36.4 Å². The third kappa shape index (κ3) is 3.04. The predicted molar refractivity (Wildman–Crippen MR) is 78.6 cm³/mol. The number of nitrogens with zero attached hydrogens (tertiary/aromatic N) is 2. The van der Waals surface area contributed by atoms with Gasteiger partial charge in [-0.05, 0) is 26.0 Å². The number of rotatable bonds is 4. The molecule has 1 aromatic carbocycles. The first-order valence-electron chi connectivity index (χ1n) is 6.36. The highest BCUT2D eigenvalue weighted by atomic mass is 35.5. The van der Waals surface area contributed by atoms with Crippen molar-refractivity contribution in [2.75, 3.05) is 12.4 Å². The van der Waals surface area contributed by atoms with Crippen molar-refractivity contribution in [3.8, 4) is 0 Å². The largest absolute Gasteiger partial charge is 0.334 e. The maximum Gasteiger partial charge on any atom is 0.272 e. The summed E-state index contributed by atoms with van der Waals surface area (Å²) >= 11 is 5.75. The highest BCUT2D eigenvalue weighted by Gasteiger charge is 2.19. The second kappa shape index (κ2) is 6.02. The number of halogens is 1. The quantitative estimate of drug-likeness (QED) is 0.803. The van der Waals surface area contributed by atoms with E-state index in [2.05, 4.69) is 4.98 Å². The monoisotopic (exact) mass is 276 g/mol. The molecular formula is C15H17ClN2O. The van der Waals surface area contributed by atoms with Crippen molar-refractivity contribution in [2.24, 2.45) is 0 Å². The van der Waals surface area contributed by atoms with Gasteiger partial charge in [-0.1, -0.05) is 24.3 Å². The third-order valence-corrected chi connectivity index (χ3v) is 3.20. The molecule has 0 saturated carbocycles. The Balaban J connectivity index is 2.34. The molecule has 0 unspecified atom stereocenters. The van der Waals surface area contributed by atoms with Crippen LogP contribution in [0, 0.1) is 0 Å². The summed E-state index contributed by atoms with van der Waals surface area (Å²) in [7, 11) is 0. The number of para-hydroxylation sites is 1. The normalized spacial score (nSPS) is 10.9. The fourth-order valence-electron chi connectivity index (χ4n) is 2.02. The molecule has 0 aliphatic carbocycles. The molecule has 1 amide bonds. The molecule has 0 saturated heterocycles. The number of amides is 1. The van der Waals surface area contributed by atoms with Gasteiger partial charge in [0.1, 0.15) is 5.69 Å². The molecule has 19 heavy (non-hydrogen) atoms. The number of aromatic nitrogens is 1. The van der Waals surface area contributed by atoms with E-state index in [0.29, 0.717) is 18.1 Å². The van der Waals surface area contributed by atoms with Gasteiger partial charge in [0.2, 0.25) is 0 Å². The number of carbonyl (C=O) groups is 1. The Bertz CT molecular complexity index is 583. The molecule has 0 fully saturated rings. The Morgan fingerprint density at radius 1 is 1.26 bits per heavy atom. The Labute approximate surface area is 118 Å². The van der Waals surface area contributed by atoms with Crippen LogP contribution in [0.5, 0.6) is 0 Å². The predicted octanol–water partition coefficient (Wildman–Crippen LogP) is 3.32. The molecule has 0 radical (unpaired) electrons. The molecule has 0 atom stereocenters. The summed E-state index contributed by atoms with van der Waals surface area (Å²) < 4.78 is 0. The Kier molecular flexibility index (Phi) is 4.38. The van der Waals surface area contributed by atoms with E-state index in [0.717, 1.165) is 10.9 Å². The lowest BCUT2D eigenvalue weighted by atomic mass is 10.2. The van der Waals surface area contributed by atoms with Crippen molar-refractivity contribution < 1.29 is 4.79 Å². The van der Waals surface area contributed by atoms with Crippen LogP contribution < -0.4 is 0 Å². The number of alkyl halides is 1. The van der Waals surface area contributed by atoms with Gasteiger partial charge in [-0.25, -0.2) is 4.98 Å². The second-order valence-corrected chi connectivity index (χ2v) is 5.05. The van der Waals surface area contributed by atoms with Crippen molar-refractivity contribution in [1.29, 1.82) is 0 Å². The molecule has 0 bridgehead atoms. The molecule has 0 aliphatic rings. The third-order valence-electron chi connectivity index (χ3n) is 3.03. The summed E-state index contributed by atoms with van der Waals surface area (Å²) in [6, 6.07) is 11.6. The molecular weight excluding hydrogens is 260 g/mol. The van der Waals surface area contributed by atoms with Crippen LogP contribution in [0.25, 0.3) is 10.9 Å². The standard InChI is InChI=1S/C15H17ClN2O/c1-11(2)18(10-9-16)15(19)14-8-7-12-5-3-4-6-13(12)17-14/h3-8,11H,9-10H2,1-2H3. The van der Waals surface area contributed by atoms with Crippen molar-refractivity contribution in [3.63, 3.8) is 0 Å². The maximum absolute atomic E-state index is 12.4. The molecule has 1 aromatic heterocycles. The number of carbonyl (C=O) groups excluding carboxylic acids is 1. The summed E-state index contributed by atoms with van der Waals surface area (Å²) in [4.78, 5) is 18.6. The minimum absolute atomic E-state index is 0.0681. The van der Waals surface area contributed by atoms with Gasteiger partial charge in [0.25, 0.3) is 5.91 Å². The molecule has 1 heterocycles. The lowest BCUT2D eigenvalue weighted by molar-refractivity contribution is 0.0712. The molecule has 0 spiro atoms. The highest BCUT2D eigenvalue weighted by molar-refractivity contribution is 6.18. The van der Waals surface area contributed by atoms with Gasteiger partial charge in [0.15, 0.2) is 0 Å². The molecule has 4 heteroatoms. The number of benzene rings is 1. The number of hydrogen-bond donors (Lipinski definition) is 0. The van der Waals surface area contributed by atoms with Crippen LogP contribution in [0.3, 0.4) is 0 Å². The zero-order valence-electron chi connectivity index (χ0n) is 11.1. The van der Waals surface area contributed by atoms with E-state index >= 15 is 0 Å². The lowest BCUT2D eigenvalue weighted by Crippen LogP contribution is -2.38. The lowest BCUT2D eigenvalue weighted by Gasteiger charge is -2.25. The van der Waals surface area contributed by atoms with Gasteiger partial charge in [-0.2, -0.15) is 0 Å². The van der Waals surface area contributed by atoms with Crippen LogP contribution in [-0.4, -0.2) is 34.3 Å². The summed E-state index contributed by atoms with van der Waals surface area (Å²) in [5.41, 5.74) is 1.31. The Hall–Kier alpha value is -1.61. The zero-order chi connectivity index (χ0) is 13.8. The molecule has 0 N–H and O–H groups in total.